The van der Waals surface area contributed by atoms with Gasteiger partial charge in [-0.25, -0.2) is 4.98 Å². The third-order valence-corrected chi connectivity index (χ3v) is 5.79. The molecule has 29 heavy (non-hydrogen) atoms. The van der Waals surface area contributed by atoms with Crippen LogP contribution in [0.4, 0.5) is 17.6 Å². The number of esters is 1. The maximum atomic E-state index is 12.0. The highest BCUT2D eigenvalue weighted by Crippen LogP contribution is 2.32. The van der Waals surface area contributed by atoms with E-state index in [0.29, 0.717) is 12.5 Å². The zero-order valence-corrected chi connectivity index (χ0v) is 17.5. The quantitative estimate of drug-likeness (QED) is 0.721. The molecule has 0 aromatic carbocycles. The maximum Gasteiger partial charge on any atom is 0.309 e. The molecule has 0 amide bonds. The van der Waals surface area contributed by atoms with Gasteiger partial charge in [0.25, 0.3) is 0 Å². The molecular formula is C21H30N6O2. The van der Waals surface area contributed by atoms with Crippen LogP contribution in [-0.4, -0.2) is 45.8 Å². The zero-order valence-electron chi connectivity index (χ0n) is 17.5. The van der Waals surface area contributed by atoms with Gasteiger partial charge in [0, 0.05) is 30.4 Å². The van der Waals surface area contributed by atoms with Crippen molar-refractivity contribution in [3.8, 4) is 0 Å². The Hall–Kier alpha value is -2.64. The van der Waals surface area contributed by atoms with E-state index < -0.39 is 0 Å². The molecule has 0 bridgehead atoms. The number of carbonyl (C=O) groups excluding carboxylic acids is 1. The zero-order chi connectivity index (χ0) is 20.4. The van der Waals surface area contributed by atoms with Gasteiger partial charge in [-0.2, -0.15) is 10.1 Å². The molecule has 2 aliphatic rings. The van der Waals surface area contributed by atoms with Gasteiger partial charge in [0.05, 0.1) is 18.2 Å². The topological polar surface area (TPSA) is 96.0 Å². The smallest absolute Gasteiger partial charge is 0.309 e. The van der Waals surface area contributed by atoms with E-state index in [9.17, 15) is 4.79 Å². The minimum absolute atomic E-state index is 0.0169. The number of anilines is 3. The fourth-order valence-corrected chi connectivity index (χ4v) is 4.06. The number of hydrogen-bond acceptors (Lipinski definition) is 7. The number of aromatic nitrogens is 4. The second-order valence-corrected chi connectivity index (χ2v) is 8.15. The molecule has 2 aromatic rings. The lowest BCUT2D eigenvalue weighted by atomic mass is 9.97. The van der Waals surface area contributed by atoms with Crippen molar-refractivity contribution in [1.82, 2.24) is 20.2 Å². The Kier molecular flexibility index (Phi) is 5.69. The number of rotatable bonds is 6. The third kappa shape index (κ3) is 4.21. The van der Waals surface area contributed by atoms with Crippen LogP contribution in [0.2, 0.25) is 0 Å². The average molecular weight is 399 g/mol. The van der Waals surface area contributed by atoms with Crippen LogP contribution >= 0.6 is 0 Å². The van der Waals surface area contributed by atoms with E-state index in [-0.39, 0.29) is 11.9 Å². The number of aromatic amines is 1. The first kappa shape index (κ1) is 19.7. The standard InChI is InChI=1S/C21H30N6O2/c1-4-29-20(28)14-8-10-27(11-9-14)21-22-16-7-5-6-15(16)19(24-21)23-18-12-17(13(2)3)25-26-18/h12-14H,4-11H2,1-3H3,(H2,22,23,24,25,26). The first-order valence-corrected chi connectivity index (χ1v) is 10.7. The summed E-state index contributed by atoms with van der Waals surface area (Å²) >= 11 is 0. The van der Waals surface area contributed by atoms with Crippen molar-refractivity contribution < 1.29 is 9.53 Å². The first-order chi connectivity index (χ1) is 14.0. The summed E-state index contributed by atoms with van der Waals surface area (Å²) in [6.45, 7) is 8.09. The lowest BCUT2D eigenvalue weighted by Gasteiger charge is -2.31. The fraction of sp³-hybridized carbons (Fsp3) is 0.619. The van der Waals surface area contributed by atoms with Crippen LogP contribution < -0.4 is 10.2 Å². The minimum atomic E-state index is -0.0798. The number of fused-ring (bicyclic) bond motifs is 1. The van der Waals surface area contributed by atoms with E-state index in [1.165, 1.54) is 5.56 Å². The van der Waals surface area contributed by atoms with Gasteiger partial charge < -0.3 is 15.0 Å². The van der Waals surface area contributed by atoms with Gasteiger partial charge in [-0.1, -0.05) is 13.8 Å². The van der Waals surface area contributed by atoms with E-state index >= 15 is 0 Å². The first-order valence-electron chi connectivity index (χ1n) is 10.7. The molecule has 3 heterocycles. The maximum absolute atomic E-state index is 12.0. The van der Waals surface area contributed by atoms with Crippen LogP contribution in [0.15, 0.2) is 6.07 Å². The number of H-pyrrole nitrogens is 1. The van der Waals surface area contributed by atoms with Gasteiger partial charge in [0.15, 0.2) is 5.82 Å². The third-order valence-electron chi connectivity index (χ3n) is 5.79. The highest BCUT2D eigenvalue weighted by molar-refractivity contribution is 5.72. The van der Waals surface area contributed by atoms with Gasteiger partial charge in [0.2, 0.25) is 5.95 Å². The molecule has 8 nitrogen and oxygen atoms in total. The number of carbonyl (C=O) groups is 1. The summed E-state index contributed by atoms with van der Waals surface area (Å²) in [5.41, 5.74) is 3.42. The van der Waals surface area contributed by atoms with Crippen molar-refractivity contribution in [1.29, 1.82) is 0 Å². The summed E-state index contributed by atoms with van der Waals surface area (Å²) in [7, 11) is 0. The van der Waals surface area contributed by atoms with Gasteiger partial charge in [0.1, 0.15) is 5.82 Å². The van der Waals surface area contributed by atoms with E-state index in [0.717, 1.165) is 74.2 Å². The van der Waals surface area contributed by atoms with Crippen LogP contribution in [0.5, 0.6) is 0 Å². The Balaban J connectivity index is 1.52. The van der Waals surface area contributed by atoms with E-state index in [4.69, 9.17) is 14.7 Å². The lowest BCUT2D eigenvalue weighted by molar-refractivity contribution is -0.148. The molecule has 8 heteroatoms. The monoisotopic (exact) mass is 398 g/mol. The second-order valence-electron chi connectivity index (χ2n) is 8.15. The van der Waals surface area contributed by atoms with Gasteiger partial charge in [-0.3, -0.25) is 9.89 Å². The molecule has 1 aliphatic heterocycles. The normalized spacial score (nSPS) is 16.9. The summed E-state index contributed by atoms with van der Waals surface area (Å²) in [4.78, 5) is 23.9. The molecule has 2 N–H and O–H groups in total. The van der Waals surface area contributed by atoms with Crippen molar-refractivity contribution in [3.05, 3.63) is 23.0 Å². The number of hydrogen-bond donors (Lipinski definition) is 2. The SMILES string of the molecule is CCOC(=O)C1CCN(c2nc3c(c(Nc4cc(C(C)C)[nH]n4)n2)CCC3)CC1. The molecule has 0 saturated carbocycles. The molecule has 0 spiro atoms. The molecule has 156 valence electrons. The van der Waals surface area contributed by atoms with Gasteiger partial charge >= 0.3 is 5.97 Å². The lowest BCUT2D eigenvalue weighted by Crippen LogP contribution is -2.38. The Morgan fingerprint density at radius 2 is 2.10 bits per heavy atom. The number of piperidine rings is 1. The Labute approximate surface area is 171 Å². The van der Waals surface area contributed by atoms with Crippen molar-refractivity contribution in [3.63, 3.8) is 0 Å². The highest BCUT2D eigenvalue weighted by atomic mass is 16.5. The van der Waals surface area contributed by atoms with Gasteiger partial charge in [-0.15, -0.1) is 0 Å². The minimum Gasteiger partial charge on any atom is -0.466 e. The van der Waals surface area contributed by atoms with Crippen molar-refractivity contribution in [2.24, 2.45) is 5.92 Å². The average Bonchev–Trinajstić information content (AvgIpc) is 3.38. The van der Waals surface area contributed by atoms with Crippen LogP contribution in [-0.2, 0) is 22.4 Å². The number of nitrogens with zero attached hydrogens (tertiary/aromatic N) is 4. The predicted octanol–water partition coefficient (Wildman–Crippen LogP) is 3.33. The van der Waals surface area contributed by atoms with Crippen LogP contribution in [0.25, 0.3) is 0 Å². The summed E-state index contributed by atoms with van der Waals surface area (Å²) in [5, 5.41) is 10.9. The number of aryl methyl sites for hydroxylation is 1. The molecule has 0 atom stereocenters. The summed E-state index contributed by atoms with van der Waals surface area (Å²) in [6.07, 6.45) is 4.63. The summed E-state index contributed by atoms with van der Waals surface area (Å²) in [6, 6.07) is 2.04. The molecule has 0 radical (unpaired) electrons. The Bertz CT molecular complexity index is 870. The summed E-state index contributed by atoms with van der Waals surface area (Å²) < 4.78 is 5.18. The molecule has 2 aromatic heterocycles. The van der Waals surface area contributed by atoms with Gasteiger partial charge in [-0.05, 0) is 44.9 Å². The van der Waals surface area contributed by atoms with Crippen LogP contribution in [0.3, 0.4) is 0 Å². The fourth-order valence-electron chi connectivity index (χ4n) is 4.06. The van der Waals surface area contributed by atoms with Crippen molar-refractivity contribution in [2.75, 3.05) is 29.9 Å². The molecule has 1 fully saturated rings. The van der Waals surface area contributed by atoms with E-state index in [2.05, 4.69) is 34.3 Å². The molecule has 1 saturated heterocycles. The second kappa shape index (κ2) is 8.39. The van der Waals surface area contributed by atoms with Crippen molar-refractivity contribution >= 4 is 23.6 Å². The largest absolute Gasteiger partial charge is 0.466 e. The number of nitrogens with one attached hydrogen (secondary N) is 2. The molecule has 1 aliphatic carbocycles. The van der Waals surface area contributed by atoms with E-state index in [1.807, 2.05) is 13.0 Å². The molecule has 0 unspecified atom stereocenters. The Morgan fingerprint density at radius 1 is 1.31 bits per heavy atom. The molecule has 4 rings (SSSR count). The number of ether oxygens (including phenoxy) is 1. The molecular weight excluding hydrogens is 368 g/mol. The summed E-state index contributed by atoms with van der Waals surface area (Å²) in [5.74, 6) is 2.69. The van der Waals surface area contributed by atoms with E-state index in [1.54, 1.807) is 0 Å². The van der Waals surface area contributed by atoms with Crippen LogP contribution in [0, 0.1) is 5.92 Å². The van der Waals surface area contributed by atoms with Crippen molar-refractivity contribution in [2.45, 2.75) is 58.8 Å². The predicted molar refractivity (Wildman–Crippen MR) is 112 cm³/mol. The highest BCUT2D eigenvalue weighted by Gasteiger charge is 2.29. The van der Waals surface area contributed by atoms with Crippen LogP contribution in [0.1, 0.15) is 62.9 Å². The Morgan fingerprint density at radius 3 is 2.79 bits per heavy atom.